The van der Waals surface area contributed by atoms with Crippen LogP contribution in [0.15, 0.2) is 18.3 Å². The van der Waals surface area contributed by atoms with Crippen LogP contribution in [0.2, 0.25) is 5.02 Å². The molecule has 0 fully saturated rings. The van der Waals surface area contributed by atoms with Crippen molar-refractivity contribution in [2.45, 2.75) is 12.5 Å². The normalized spacial score (nSPS) is 12.1. The Morgan fingerprint density at radius 1 is 1.67 bits per heavy atom. The van der Waals surface area contributed by atoms with E-state index in [-0.39, 0.29) is 12.5 Å². The molecule has 0 bridgehead atoms. The average Bonchev–Trinajstić information content (AvgIpc) is 2.06. The Kier molecular flexibility index (Phi) is 3.03. The van der Waals surface area contributed by atoms with Gasteiger partial charge in [-0.15, -0.1) is 0 Å². The van der Waals surface area contributed by atoms with Crippen LogP contribution in [-0.2, 0) is 0 Å². The number of nitrogens with two attached hydrogens (primary N) is 1. The van der Waals surface area contributed by atoms with Crippen molar-refractivity contribution in [1.29, 1.82) is 5.26 Å². The van der Waals surface area contributed by atoms with Gasteiger partial charge in [0, 0.05) is 6.20 Å². The van der Waals surface area contributed by atoms with E-state index in [1.54, 1.807) is 12.1 Å². The van der Waals surface area contributed by atoms with Gasteiger partial charge in [0.15, 0.2) is 0 Å². The van der Waals surface area contributed by atoms with Crippen LogP contribution >= 0.6 is 11.6 Å². The van der Waals surface area contributed by atoms with E-state index < -0.39 is 0 Å². The lowest BCUT2D eigenvalue weighted by Gasteiger charge is -2.05. The third-order valence-corrected chi connectivity index (χ3v) is 1.66. The predicted octanol–water partition coefficient (Wildman–Crippen LogP) is 1.65. The molecule has 0 aliphatic heterocycles. The molecule has 1 aromatic rings. The maximum atomic E-state index is 8.37. The topological polar surface area (TPSA) is 62.7 Å². The van der Waals surface area contributed by atoms with Gasteiger partial charge in [-0.1, -0.05) is 11.6 Å². The van der Waals surface area contributed by atoms with Crippen LogP contribution in [0.1, 0.15) is 18.2 Å². The molecule has 0 aliphatic carbocycles. The highest BCUT2D eigenvalue weighted by atomic mass is 35.5. The smallest absolute Gasteiger partial charge is 0.0642 e. The fraction of sp³-hybridized carbons (Fsp3) is 0.250. The molecule has 0 amide bonds. The molecular weight excluding hydrogens is 174 g/mol. The summed E-state index contributed by atoms with van der Waals surface area (Å²) < 4.78 is 0. The maximum absolute atomic E-state index is 8.37. The second-order valence-electron chi connectivity index (χ2n) is 2.37. The molecule has 1 rings (SSSR count). The summed E-state index contributed by atoms with van der Waals surface area (Å²) in [6, 6.07) is 5.11. The van der Waals surface area contributed by atoms with E-state index in [4.69, 9.17) is 22.6 Å². The van der Waals surface area contributed by atoms with Crippen molar-refractivity contribution < 1.29 is 0 Å². The van der Waals surface area contributed by atoms with Crippen LogP contribution in [-0.4, -0.2) is 4.98 Å². The van der Waals surface area contributed by atoms with E-state index >= 15 is 0 Å². The van der Waals surface area contributed by atoms with Gasteiger partial charge < -0.3 is 5.73 Å². The van der Waals surface area contributed by atoms with Gasteiger partial charge in [0.2, 0.25) is 0 Å². The zero-order valence-electron chi connectivity index (χ0n) is 6.37. The largest absolute Gasteiger partial charge is 0.322 e. The third kappa shape index (κ3) is 2.19. The first-order valence-corrected chi connectivity index (χ1v) is 3.86. The van der Waals surface area contributed by atoms with Crippen LogP contribution in [0.3, 0.4) is 0 Å². The molecule has 0 spiro atoms. The number of nitriles is 1. The van der Waals surface area contributed by atoms with Crippen LogP contribution in [0.25, 0.3) is 0 Å². The summed E-state index contributed by atoms with van der Waals surface area (Å²) in [6.07, 6.45) is 1.79. The molecule has 12 heavy (non-hydrogen) atoms. The number of pyridine rings is 1. The molecule has 3 nitrogen and oxygen atoms in total. The molecule has 2 N–H and O–H groups in total. The van der Waals surface area contributed by atoms with Gasteiger partial charge in [-0.2, -0.15) is 5.26 Å². The molecule has 0 aliphatic rings. The van der Waals surface area contributed by atoms with Crippen molar-refractivity contribution in [3.8, 4) is 6.07 Å². The second kappa shape index (κ2) is 4.05. The van der Waals surface area contributed by atoms with Crippen molar-refractivity contribution in [1.82, 2.24) is 4.98 Å². The second-order valence-corrected chi connectivity index (χ2v) is 2.81. The van der Waals surface area contributed by atoms with Crippen LogP contribution in [0.5, 0.6) is 0 Å². The van der Waals surface area contributed by atoms with Gasteiger partial charge in [0.25, 0.3) is 0 Å². The Balaban J connectivity index is 2.76. The van der Waals surface area contributed by atoms with Crippen molar-refractivity contribution in [2.24, 2.45) is 5.73 Å². The Hall–Kier alpha value is -1.11. The molecular formula is C8H8ClN3. The minimum absolute atomic E-state index is 0.272. The minimum atomic E-state index is -0.313. The van der Waals surface area contributed by atoms with E-state index in [0.29, 0.717) is 10.7 Å². The molecule has 0 radical (unpaired) electrons. The molecule has 0 saturated carbocycles. The van der Waals surface area contributed by atoms with Crippen molar-refractivity contribution >= 4 is 11.6 Å². The van der Waals surface area contributed by atoms with E-state index in [9.17, 15) is 0 Å². The molecule has 0 saturated heterocycles. The molecule has 62 valence electrons. The molecule has 1 aromatic heterocycles. The molecule has 1 heterocycles. The van der Waals surface area contributed by atoms with E-state index in [1.807, 2.05) is 6.07 Å². The highest BCUT2D eigenvalue weighted by Gasteiger charge is 2.05. The first-order valence-electron chi connectivity index (χ1n) is 3.48. The van der Waals surface area contributed by atoms with Crippen molar-refractivity contribution in [2.75, 3.05) is 0 Å². The number of nitrogens with zero attached hydrogens (tertiary/aromatic N) is 2. The molecule has 1 atom stereocenters. The quantitative estimate of drug-likeness (QED) is 0.755. The number of rotatable bonds is 2. The van der Waals surface area contributed by atoms with Crippen LogP contribution < -0.4 is 5.73 Å². The summed E-state index contributed by atoms with van der Waals surface area (Å²) in [6.45, 7) is 0. The summed E-state index contributed by atoms with van der Waals surface area (Å²) >= 11 is 5.63. The Morgan fingerprint density at radius 3 is 2.92 bits per heavy atom. The number of hydrogen-bond donors (Lipinski definition) is 1. The Labute approximate surface area is 75.8 Å². The summed E-state index contributed by atoms with van der Waals surface area (Å²) in [4.78, 5) is 3.99. The van der Waals surface area contributed by atoms with Crippen LogP contribution in [0, 0.1) is 11.3 Å². The number of hydrogen-bond acceptors (Lipinski definition) is 3. The third-order valence-electron chi connectivity index (χ3n) is 1.44. The summed E-state index contributed by atoms with van der Waals surface area (Å²) in [5.74, 6) is 0. The summed E-state index contributed by atoms with van der Waals surface area (Å²) in [7, 11) is 0. The zero-order chi connectivity index (χ0) is 8.97. The first-order chi connectivity index (χ1) is 5.74. The predicted molar refractivity (Wildman–Crippen MR) is 46.4 cm³/mol. The SMILES string of the molecule is N#CC[C@@H](N)c1ccc(Cl)cn1. The fourth-order valence-electron chi connectivity index (χ4n) is 0.810. The van der Waals surface area contributed by atoms with E-state index in [1.165, 1.54) is 6.20 Å². The lowest BCUT2D eigenvalue weighted by Crippen LogP contribution is -2.10. The van der Waals surface area contributed by atoms with Crippen molar-refractivity contribution in [3.63, 3.8) is 0 Å². The van der Waals surface area contributed by atoms with Gasteiger partial charge in [-0.25, -0.2) is 0 Å². The monoisotopic (exact) mass is 181 g/mol. The number of aromatic nitrogens is 1. The Bertz CT molecular complexity index is 288. The first kappa shape index (κ1) is 8.98. The lowest BCUT2D eigenvalue weighted by molar-refractivity contribution is 0.720. The minimum Gasteiger partial charge on any atom is -0.322 e. The molecule has 4 heteroatoms. The van der Waals surface area contributed by atoms with E-state index in [2.05, 4.69) is 4.98 Å². The highest BCUT2D eigenvalue weighted by Crippen LogP contribution is 2.13. The van der Waals surface area contributed by atoms with Crippen molar-refractivity contribution in [3.05, 3.63) is 29.0 Å². The van der Waals surface area contributed by atoms with E-state index in [0.717, 1.165) is 0 Å². The van der Waals surface area contributed by atoms with Gasteiger partial charge in [-0.05, 0) is 12.1 Å². The van der Waals surface area contributed by atoms with Gasteiger partial charge in [0.05, 0.1) is 29.2 Å². The highest BCUT2D eigenvalue weighted by molar-refractivity contribution is 6.30. The molecule has 0 unspecified atom stereocenters. The lowest BCUT2D eigenvalue weighted by atomic mass is 10.1. The standard InChI is InChI=1S/C8H8ClN3/c9-6-1-2-8(12-5-6)7(11)3-4-10/h1-2,5,7H,3,11H2/t7-/m1/s1. The van der Waals surface area contributed by atoms with Gasteiger partial charge in [-0.3, -0.25) is 4.98 Å². The zero-order valence-corrected chi connectivity index (χ0v) is 7.12. The summed E-state index contributed by atoms with van der Waals surface area (Å²) in [5.41, 5.74) is 6.32. The Morgan fingerprint density at radius 2 is 2.42 bits per heavy atom. The number of halogens is 1. The summed E-state index contributed by atoms with van der Waals surface area (Å²) in [5, 5.41) is 8.94. The van der Waals surface area contributed by atoms with Crippen LogP contribution in [0.4, 0.5) is 0 Å². The van der Waals surface area contributed by atoms with Gasteiger partial charge >= 0.3 is 0 Å². The molecule has 0 aromatic carbocycles. The average molecular weight is 182 g/mol. The maximum Gasteiger partial charge on any atom is 0.0642 e. The van der Waals surface area contributed by atoms with Gasteiger partial charge in [0.1, 0.15) is 0 Å². The fourth-order valence-corrected chi connectivity index (χ4v) is 0.921.